The van der Waals surface area contributed by atoms with Crippen LogP contribution in [0.5, 0.6) is 0 Å². The van der Waals surface area contributed by atoms with Gasteiger partial charge >= 0.3 is 0 Å². The van der Waals surface area contributed by atoms with Gasteiger partial charge in [0.15, 0.2) is 0 Å². The van der Waals surface area contributed by atoms with Crippen molar-refractivity contribution in [2.75, 3.05) is 11.6 Å². The third-order valence-electron chi connectivity index (χ3n) is 5.23. The zero-order valence-corrected chi connectivity index (χ0v) is 14.2. The lowest BCUT2D eigenvalue weighted by molar-refractivity contribution is -0.132. The average Bonchev–Trinajstić information content (AvgIpc) is 2.97. The predicted octanol–water partition coefficient (Wildman–Crippen LogP) is 4.25. The highest BCUT2D eigenvalue weighted by atomic mass is 16.2. The second-order valence-electron chi connectivity index (χ2n) is 6.73. The number of benzene rings is 2. The number of rotatable bonds is 2. The number of carbonyl (C=O) groups is 1. The number of amides is 1. The molecule has 3 nitrogen and oxygen atoms in total. The quantitative estimate of drug-likeness (QED) is 0.826. The second-order valence-corrected chi connectivity index (χ2v) is 6.73. The standard InChI is InChI=1S/C21H22N2O/c1-3-21(2)15-18(16-9-5-4-6-10-16)17-11-7-8-12-19(17)22-14-13-20(24)23(21)22/h4-12,15H,3,13-14H2,1-2H3. The van der Waals surface area contributed by atoms with Gasteiger partial charge in [-0.15, -0.1) is 0 Å². The van der Waals surface area contributed by atoms with E-state index in [2.05, 4.69) is 73.5 Å². The van der Waals surface area contributed by atoms with Crippen LogP contribution in [0.15, 0.2) is 60.7 Å². The highest BCUT2D eigenvalue weighted by molar-refractivity contribution is 5.92. The first-order valence-corrected chi connectivity index (χ1v) is 8.62. The van der Waals surface area contributed by atoms with Crippen molar-refractivity contribution in [1.82, 2.24) is 5.01 Å². The van der Waals surface area contributed by atoms with E-state index < -0.39 is 0 Å². The van der Waals surface area contributed by atoms with E-state index in [1.807, 2.05) is 11.1 Å². The lowest BCUT2D eigenvalue weighted by Gasteiger charge is -2.41. The molecule has 1 atom stereocenters. The van der Waals surface area contributed by atoms with Crippen LogP contribution in [0.4, 0.5) is 5.69 Å². The Morgan fingerprint density at radius 1 is 1.04 bits per heavy atom. The van der Waals surface area contributed by atoms with Crippen LogP contribution >= 0.6 is 0 Å². The molecule has 2 heterocycles. The first-order chi connectivity index (χ1) is 11.6. The number of hydrogen-bond donors (Lipinski definition) is 0. The van der Waals surface area contributed by atoms with Crippen molar-refractivity contribution in [2.45, 2.75) is 32.2 Å². The molecule has 0 radical (unpaired) electrons. The van der Waals surface area contributed by atoms with Crippen molar-refractivity contribution < 1.29 is 4.79 Å². The van der Waals surface area contributed by atoms with Gasteiger partial charge in [-0.3, -0.25) is 9.80 Å². The summed E-state index contributed by atoms with van der Waals surface area (Å²) in [5, 5.41) is 4.15. The highest BCUT2D eigenvalue weighted by Crippen LogP contribution is 2.42. The first kappa shape index (κ1) is 15.0. The summed E-state index contributed by atoms with van der Waals surface area (Å²) >= 11 is 0. The molecule has 2 aromatic rings. The Morgan fingerprint density at radius 2 is 1.75 bits per heavy atom. The summed E-state index contributed by atoms with van der Waals surface area (Å²) in [6.45, 7) is 5.07. The summed E-state index contributed by atoms with van der Waals surface area (Å²) in [6.07, 6.45) is 3.74. The van der Waals surface area contributed by atoms with Crippen molar-refractivity contribution >= 4 is 17.2 Å². The van der Waals surface area contributed by atoms with Gasteiger partial charge in [0.25, 0.3) is 0 Å². The van der Waals surface area contributed by atoms with Crippen LogP contribution in [0.3, 0.4) is 0 Å². The van der Waals surface area contributed by atoms with Crippen molar-refractivity contribution in [1.29, 1.82) is 0 Å². The molecule has 0 N–H and O–H groups in total. The smallest absolute Gasteiger partial charge is 0.243 e. The molecule has 1 saturated heterocycles. The third kappa shape index (κ3) is 2.15. The van der Waals surface area contributed by atoms with Crippen molar-refractivity contribution in [3.63, 3.8) is 0 Å². The number of hydrazine groups is 1. The molecule has 0 aromatic heterocycles. The lowest BCUT2D eigenvalue weighted by Crippen LogP contribution is -2.52. The Hall–Kier alpha value is -2.55. The number of hydrogen-bond acceptors (Lipinski definition) is 2. The molecule has 0 spiro atoms. The summed E-state index contributed by atoms with van der Waals surface area (Å²) in [4.78, 5) is 12.6. The van der Waals surface area contributed by atoms with Crippen molar-refractivity contribution in [3.05, 3.63) is 71.8 Å². The largest absolute Gasteiger partial charge is 0.281 e. The number of para-hydroxylation sites is 1. The monoisotopic (exact) mass is 318 g/mol. The SMILES string of the molecule is CCC1(C)C=C(c2ccccc2)c2ccccc2N2CCC(=O)N21. The molecule has 2 aliphatic heterocycles. The van der Waals surface area contributed by atoms with Gasteiger partial charge < -0.3 is 0 Å². The van der Waals surface area contributed by atoms with Gasteiger partial charge in [0, 0.05) is 18.5 Å². The van der Waals surface area contributed by atoms with Crippen molar-refractivity contribution in [3.8, 4) is 0 Å². The van der Waals surface area contributed by atoms with Gasteiger partial charge in [-0.1, -0.05) is 55.5 Å². The van der Waals surface area contributed by atoms with E-state index in [-0.39, 0.29) is 11.4 Å². The van der Waals surface area contributed by atoms with Crippen molar-refractivity contribution in [2.24, 2.45) is 0 Å². The maximum Gasteiger partial charge on any atom is 0.243 e. The van der Waals surface area contributed by atoms with Crippen LogP contribution in [-0.4, -0.2) is 23.0 Å². The Morgan fingerprint density at radius 3 is 2.50 bits per heavy atom. The molecule has 0 saturated carbocycles. The maximum absolute atomic E-state index is 12.6. The number of anilines is 1. The fourth-order valence-corrected chi connectivity index (χ4v) is 3.82. The minimum atomic E-state index is -0.322. The molecule has 24 heavy (non-hydrogen) atoms. The molecule has 2 aliphatic rings. The molecule has 122 valence electrons. The van der Waals surface area contributed by atoms with E-state index in [0.717, 1.165) is 18.7 Å². The summed E-state index contributed by atoms with van der Waals surface area (Å²) in [5.41, 5.74) is 4.39. The Labute approximate surface area is 143 Å². The van der Waals surface area contributed by atoms with E-state index in [4.69, 9.17) is 0 Å². The molecule has 1 fully saturated rings. The minimum Gasteiger partial charge on any atom is -0.281 e. The fourth-order valence-electron chi connectivity index (χ4n) is 3.82. The van der Waals surface area contributed by atoms with Crippen LogP contribution in [0.1, 0.15) is 37.8 Å². The lowest BCUT2D eigenvalue weighted by atomic mass is 9.89. The Kier molecular flexibility index (Phi) is 3.45. The van der Waals surface area contributed by atoms with Gasteiger partial charge in [0.05, 0.1) is 11.2 Å². The zero-order chi connectivity index (χ0) is 16.7. The predicted molar refractivity (Wildman–Crippen MR) is 97.5 cm³/mol. The Bertz CT molecular complexity index is 812. The van der Waals surface area contributed by atoms with Gasteiger partial charge in [-0.05, 0) is 36.6 Å². The van der Waals surface area contributed by atoms with E-state index in [0.29, 0.717) is 6.42 Å². The van der Waals surface area contributed by atoms with Crippen LogP contribution in [-0.2, 0) is 4.79 Å². The van der Waals surface area contributed by atoms with Crippen LogP contribution in [0, 0.1) is 0 Å². The van der Waals surface area contributed by atoms with Gasteiger partial charge in [0.2, 0.25) is 5.91 Å². The van der Waals surface area contributed by atoms with Crippen LogP contribution in [0.2, 0.25) is 0 Å². The van der Waals surface area contributed by atoms with E-state index in [9.17, 15) is 4.79 Å². The molecular weight excluding hydrogens is 296 g/mol. The Balaban J connectivity index is 2.00. The molecule has 1 unspecified atom stereocenters. The molecular formula is C21H22N2O. The second kappa shape index (κ2) is 5.52. The summed E-state index contributed by atoms with van der Waals surface area (Å²) in [6, 6.07) is 18.9. The van der Waals surface area contributed by atoms with Gasteiger partial charge in [0.1, 0.15) is 0 Å². The number of fused-ring (bicyclic) bond motifs is 3. The highest BCUT2D eigenvalue weighted by Gasteiger charge is 2.43. The first-order valence-electron chi connectivity index (χ1n) is 8.62. The van der Waals surface area contributed by atoms with Crippen LogP contribution < -0.4 is 5.01 Å². The molecule has 3 heteroatoms. The van der Waals surface area contributed by atoms with Crippen LogP contribution in [0.25, 0.3) is 5.57 Å². The summed E-state index contributed by atoms with van der Waals surface area (Å²) in [7, 11) is 0. The number of carbonyl (C=O) groups excluding carboxylic acids is 1. The average molecular weight is 318 g/mol. The zero-order valence-electron chi connectivity index (χ0n) is 14.2. The molecule has 1 amide bonds. The summed E-state index contributed by atoms with van der Waals surface area (Å²) < 4.78 is 0. The van der Waals surface area contributed by atoms with Gasteiger partial charge in [-0.25, -0.2) is 5.01 Å². The van der Waals surface area contributed by atoms with E-state index in [1.165, 1.54) is 16.7 Å². The fraction of sp³-hybridized carbons (Fsp3) is 0.286. The van der Waals surface area contributed by atoms with E-state index in [1.54, 1.807) is 0 Å². The number of nitrogens with zero attached hydrogens (tertiary/aromatic N) is 2. The topological polar surface area (TPSA) is 23.6 Å². The minimum absolute atomic E-state index is 0.208. The maximum atomic E-state index is 12.6. The summed E-state index contributed by atoms with van der Waals surface area (Å²) in [5.74, 6) is 0.208. The normalized spacial score (nSPS) is 22.8. The molecule has 0 aliphatic carbocycles. The molecule has 4 rings (SSSR count). The van der Waals surface area contributed by atoms with Gasteiger partial charge in [-0.2, -0.15) is 0 Å². The van der Waals surface area contributed by atoms with E-state index >= 15 is 0 Å². The third-order valence-corrected chi connectivity index (χ3v) is 5.23. The molecule has 0 bridgehead atoms. The molecule has 2 aromatic carbocycles.